The summed E-state index contributed by atoms with van der Waals surface area (Å²) in [6.45, 7) is 1.99. The Morgan fingerprint density at radius 2 is 2.00 bits per heavy atom. The van der Waals surface area contributed by atoms with Crippen LogP contribution in [0.4, 0.5) is 11.4 Å². The van der Waals surface area contributed by atoms with Crippen molar-refractivity contribution in [3.63, 3.8) is 0 Å². The van der Waals surface area contributed by atoms with Crippen LogP contribution in [0, 0.1) is 0 Å². The average Bonchev–Trinajstić information content (AvgIpc) is 3.21. The Hall–Kier alpha value is -2.92. The van der Waals surface area contributed by atoms with E-state index in [0.29, 0.717) is 11.6 Å². The highest BCUT2D eigenvalue weighted by Gasteiger charge is 2.20. The van der Waals surface area contributed by atoms with Gasteiger partial charge in [-0.15, -0.1) is 0 Å². The van der Waals surface area contributed by atoms with Crippen molar-refractivity contribution >= 4 is 28.2 Å². The SMILES string of the molecule is CN(C(=O)c1ccc(N[C@H]2CCNC2)c2cccnc12)c1ccccc1. The van der Waals surface area contributed by atoms with Gasteiger partial charge in [-0.25, -0.2) is 0 Å². The second kappa shape index (κ2) is 7.14. The van der Waals surface area contributed by atoms with Crippen LogP contribution in [0.5, 0.6) is 0 Å². The van der Waals surface area contributed by atoms with Crippen molar-refractivity contribution in [2.45, 2.75) is 12.5 Å². The lowest BCUT2D eigenvalue weighted by Crippen LogP contribution is -2.27. The molecule has 1 aromatic heterocycles. The highest BCUT2D eigenvalue weighted by Crippen LogP contribution is 2.28. The number of para-hydroxylation sites is 1. The Kier molecular flexibility index (Phi) is 4.54. The van der Waals surface area contributed by atoms with E-state index in [1.807, 2.05) is 54.6 Å². The fraction of sp³-hybridized carbons (Fsp3) is 0.238. The molecule has 1 fully saturated rings. The van der Waals surface area contributed by atoms with Crippen molar-refractivity contribution < 1.29 is 4.79 Å². The number of anilines is 2. The molecule has 0 bridgehead atoms. The Morgan fingerprint density at radius 3 is 2.77 bits per heavy atom. The molecule has 132 valence electrons. The molecule has 2 N–H and O–H groups in total. The maximum Gasteiger partial charge on any atom is 0.260 e. The van der Waals surface area contributed by atoms with Gasteiger partial charge in [0.15, 0.2) is 0 Å². The number of amides is 1. The van der Waals surface area contributed by atoms with Crippen molar-refractivity contribution in [3.8, 4) is 0 Å². The number of carbonyl (C=O) groups excluding carboxylic acids is 1. The van der Waals surface area contributed by atoms with Crippen LogP contribution < -0.4 is 15.5 Å². The molecule has 4 rings (SSSR count). The normalized spacial score (nSPS) is 16.6. The Balaban J connectivity index is 1.71. The van der Waals surface area contributed by atoms with Gasteiger partial charge in [0, 0.05) is 42.6 Å². The number of carbonyl (C=O) groups is 1. The van der Waals surface area contributed by atoms with Gasteiger partial charge < -0.3 is 15.5 Å². The molecular weight excluding hydrogens is 324 g/mol. The molecule has 0 unspecified atom stereocenters. The summed E-state index contributed by atoms with van der Waals surface area (Å²) in [6.07, 6.45) is 2.84. The minimum atomic E-state index is -0.0611. The second-order valence-electron chi connectivity index (χ2n) is 6.59. The van der Waals surface area contributed by atoms with Crippen LogP contribution in [0.15, 0.2) is 60.8 Å². The molecule has 1 atom stereocenters. The first-order chi connectivity index (χ1) is 12.7. The van der Waals surface area contributed by atoms with Gasteiger partial charge in [0.05, 0.1) is 11.1 Å². The summed E-state index contributed by atoms with van der Waals surface area (Å²) in [7, 11) is 1.79. The Bertz CT molecular complexity index is 920. The lowest BCUT2D eigenvalue weighted by Gasteiger charge is -2.20. The van der Waals surface area contributed by atoms with Gasteiger partial charge in [0.1, 0.15) is 0 Å². The van der Waals surface area contributed by atoms with Crippen LogP contribution in [0.2, 0.25) is 0 Å². The molecule has 0 aliphatic carbocycles. The third kappa shape index (κ3) is 3.13. The number of hydrogen-bond donors (Lipinski definition) is 2. The molecule has 26 heavy (non-hydrogen) atoms. The van der Waals surface area contributed by atoms with Crippen molar-refractivity contribution in [1.82, 2.24) is 10.3 Å². The van der Waals surface area contributed by atoms with Crippen molar-refractivity contribution in [2.24, 2.45) is 0 Å². The van der Waals surface area contributed by atoms with Gasteiger partial charge in [-0.1, -0.05) is 18.2 Å². The van der Waals surface area contributed by atoms with E-state index in [2.05, 4.69) is 15.6 Å². The molecule has 1 aliphatic heterocycles. The van der Waals surface area contributed by atoms with E-state index in [0.717, 1.165) is 41.8 Å². The van der Waals surface area contributed by atoms with E-state index < -0.39 is 0 Å². The van der Waals surface area contributed by atoms with Crippen molar-refractivity contribution in [3.05, 3.63) is 66.4 Å². The maximum atomic E-state index is 13.1. The van der Waals surface area contributed by atoms with Gasteiger partial charge >= 0.3 is 0 Å². The third-order valence-electron chi connectivity index (χ3n) is 4.87. The average molecular weight is 346 g/mol. The second-order valence-corrected chi connectivity index (χ2v) is 6.59. The predicted octanol–water partition coefficient (Wildman–Crippen LogP) is 3.29. The molecule has 2 heterocycles. The predicted molar refractivity (Wildman–Crippen MR) is 106 cm³/mol. The molecule has 1 saturated heterocycles. The number of pyridine rings is 1. The number of hydrogen-bond acceptors (Lipinski definition) is 4. The first-order valence-corrected chi connectivity index (χ1v) is 8.92. The maximum absolute atomic E-state index is 13.1. The lowest BCUT2D eigenvalue weighted by atomic mass is 10.1. The van der Waals surface area contributed by atoms with Gasteiger partial charge in [0.25, 0.3) is 5.91 Å². The summed E-state index contributed by atoms with van der Waals surface area (Å²) in [5.74, 6) is -0.0611. The topological polar surface area (TPSA) is 57.3 Å². The summed E-state index contributed by atoms with van der Waals surface area (Å²) < 4.78 is 0. The van der Waals surface area contributed by atoms with Crippen molar-refractivity contribution in [1.29, 1.82) is 0 Å². The smallest absolute Gasteiger partial charge is 0.260 e. The molecule has 0 radical (unpaired) electrons. The fourth-order valence-electron chi connectivity index (χ4n) is 3.42. The Labute approximate surface area is 153 Å². The van der Waals surface area contributed by atoms with Crippen LogP contribution in [-0.2, 0) is 0 Å². The summed E-state index contributed by atoms with van der Waals surface area (Å²) in [5, 5.41) is 7.93. The van der Waals surface area contributed by atoms with E-state index in [4.69, 9.17) is 0 Å². The first-order valence-electron chi connectivity index (χ1n) is 8.92. The first kappa shape index (κ1) is 16.5. The van der Waals surface area contributed by atoms with E-state index in [1.54, 1.807) is 18.1 Å². The molecule has 5 heteroatoms. The molecule has 1 aliphatic rings. The molecule has 1 amide bonds. The van der Waals surface area contributed by atoms with E-state index >= 15 is 0 Å². The third-order valence-corrected chi connectivity index (χ3v) is 4.87. The lowest BCUT2D eigenvalue weighted by molar-refractivity contribution is 0.0994. The van der Waals surface area contributed by atoms with Gasteiger partial charge in [-0.2, -0.15) is 0 Å². The van der Waals surface area contributed by atoms with E-state index in [1.165, 1.54) is 0 Å². The summed E-state index contributed by atoms with van der Waals surface area (Å²) in [4.78, 5) is 19.2. The standard InChI is InChI=1S/C21H22N4O/c1-25(16-6-3-2-4-7-16)21(26)18-9-10-19(24-15-11-13-22-14-15)17-8-5-12-23-20(17)18/h2-10,12,15,22,24H,11,13-14H2,1H3/t15-/m0/s1. The number of nitrogens with one attached hydrogen (secondary N) is 2. The number of benzene rings is 2. The quantitative estimate of drug-likeness (QED) is 0.761. The molecule has 2 aromatic carbocycles. The zero-order valence-electron chi connectivity index (χ0n) is 14.8. The van der Waals surface area contributed by atoms with Crippen molar-refractivity contribution in [2.75, 3.05) is 30.4 Å². The van der Waals surface area contributed by atoms with Crippen LogP contribution in [0.25, 0.3) is 10.9 Å². The molecular formula is C21H22N4O. The highest BCUT2D eigenvalue weighted by molar-refractivity contribution is 6.14. The molecule has 3 aromatic rings. The van der Waals surface area contributed by atoms with Crippen LogP contribution in [0.1, 0.15) is 16.8 Å². The summed E-state index contributed by atoms with van der Waals surface area (Å²) in [6, 6.07) is 17.9. The molecule has 0 saturated carbocycles. The van der Waals surface area contributed by atoms with Crippen LogP contribution >= 0.6 is 0 Å². The van der Waals surface area contributed by atoms with Crippen LogP contribution in [-0.4, -0.2) is 37.1 Å². The van der Waals surface area contributed by atoms with E-state index in [9.17, 15) is 4.79 Å². The highest BCUT2D eigenvalue weighted by atomic mass is 16.2. The fourth-order valence-corrected chi connectivity index (χ4v) is 3.42. The summed E-state index contributed by atoms with van der Waals surface area (Å²) in [5.41, 5.74) is 3.24. The van der Waals surface area contributed by atoms with E-state index in [-0.39, 0.29) is 5.91 Å². The zero-order valence-corrected chi connectivity index (χ0v) is 14.8. The minimum Gasteiger partial charge on any atom is -0.380 e. The number of nitrogens with zero attached hydrogens (tertiary/aromatic N) is 2. The Morgan fingerprint density at radius 1 is 1.15 bits per heavy atom. The zero-order chi connectivity index (χ0) is 17.9. The monoisotopic (exact) mass is 346 g/mol. The van der Waals surface area contributed by atoms with Crippen LogP contribution in [0.3, 0.4) is 0 Å². The number of rotatable bonds is 4. The number of aromatic nitrogens is 1. The van der Waals surface area contributed by atoms with Gasteiger partial charge in [0.2, 0.25) is 0 Å². The number of fused-ring (bicyclic) bond motifs is 1. The minimum absolute atomic E-state index is 0.0611. The van der Waals surface area contributed by atoms with Gasteiger partial charge in [-0.05, 0) is 49.4 Å². The van der Waals surface area contributed by atoms with Gasteiger partial charge in [-0.3, -0.25) is 9.78 Å². The molecule has 0 spiro atoms. The largest absolute Gasteiger partial charge is 0.380 e. The summed E-state index contributed by atoms with van der Waals surface area (Å²) >= 11 is 0. The molecule has 5 nitrogen and oxygen atoms in total.